The fraction of sp³-hybridized carbons (Fsp3) is 0.600. The third-order valence-electron chi connectivity index (χ3n) is 6.57. The molecule has 2 aromatic rings. The van der Waals surface area contributed by atoms with E-state index in [-0.39, 0.29) is 11.7 Å². The maximum atomic E-state index is 14.0. The Kier molecular flexibility index (Phi) is 5.13. The molecule has 2 bridgehead atoms. The molecule has 3 heterocycles. The van der Waals surface area contributed by atoms with E-state index in [1.165, 1.54) is 18.9 Å². The molecule has 1 aliphatic carbocycles. The van der Waals surface area contributed by atoms with Crippen LogP contribution in [-0.2, 0) is 6.54 Å². The maximum Gasteiger partial charge on any atom is 0.256 e. The molecule has 3 aliphatic rings. The van der Waals surface area contributed by atoms with E-state index in [1.54, 1.807) is 6.07 Å². The number of aromatic nitrogens is 3. The second-order valence-electron chi connectivity index (χ2n) is 8.49. The molecule has 4 atom stereocenters. The summed E-state index contributed by atoms with van der Waals surface area (Å²) in [6, 6.07) is 5.25. The highest BCUT2D eigenvalue weighted by atomic mass is 35.5. The molecule has 8 heteroatoms. The van der Waals surface area contributed by atoms with E-state index in [4.69, 9.17) is 21.7 Å². The average molecular weight is 416 g/mol. The van der Waals surface area contributed by atoms with Crippen LogP contribution in [0, 0.1) is 17.7 Å². The minimum Gasteiger partial charge on any atom is -0.402 e. The van der Waals surface area contributed by atoms with Crippen LogP contribution < -0.4 is 5.32 Å². The summed E-state index contributed by atoms with van der Waals surface area (Å²) in [6.07, 6.45) is 5.61. The zero-order chi connectivity index (χ0) is 19.3. The van der Waals surface area contributed by atoms with Gasteiger partial charge < -0.3 is 9.20 Å². The molecular formula is C20H24AlClFN5. The summed E-state index contributed by atoms with van der Waals surface area (Å²) in [6.45, 7) is 3.08. The lowest BCUT2D eigenvalue weighted by atomic mass is 9.93. The van der Waals surface area contributed by atoms with E-state index in [0.717, 1.165) is 56.2 Å². The van der Waals surface area contributed by atoms with E-state index >= 15 is 0 Å². The Morgan fingerprint density at radius 2 is 1.89 bits per heavy atom. The van der Waals surface area contributed by atoms with Crippen molar-refractivity contribution in [2.45, 2.75) is 50.6 Å². The van der Waals surface area contributed by atoms with E-state index < -0.39 is 0 Å². The van der Waals surface area contributed by atoms with Crippen LogP contribution in [0.4, 0.5) is 10.3 Å². The van der Waals surface area contributed by atoms with Gasteiger partial charge in [-0.15, -0.1) is 5.10 Å². The fourth-order valence-corrected chi connectivity index (χ4v) is 6.08. The van der Waals surface area contributed by atoms with Crippen molar-refractivity contribution in [1.29, 1.82) is 0 Å². The molecule has 0 amide bonds. The van der Waals surface area contributed by atoms with Crippen LogP contribution >= 0.6 is 11.6 Å². The molecular weight excluding hydrogens is 392 g/mol. The molecule has 2 aliphatic heterocycles. The van der Waals surface area contributed by atoms with Crippen molar-refractivity contribution in [2.24, 2.45) is 11.8 Å². The molecule has 2 unspecified atom stereocenters. The SMILES string of the molecule is Fc1cc(Cl)cc(C2CCCCn3nc(NC4[C@@H]5CC[C@H]4C[N]([Al])C5)nc32)c1. The van der Waals surface area contributed by atoms with Crippen LogP contribution in [0.1, 0.15) is 49.4 Å². The maximum absolute atomic E-state index is 14.0. The van der Waals surface area contributed by atoms with Crippen LogP contribution in [0.5, 0.6) is 0 Å². The number of anilines is 1. The molecule has 1 N–H and O–H groups in total. The monoisotopic (exact) mass is 415 g/mol. The summed E-state index contributed by atoms with van der Waals surface area (Å²) in [5, 5.41) is 8.88. The smallest absolute Gasteiger partial charge is 0.256 e. The van der Waals surface area contributed by atoms with Crippen molar-refractivity contribution in [3.63, 3.8) is 0 Å². The highest BCUT2D eigenvalue weighted by molar-refractivity contribution is 6.30. The molecule has 1 aromatic carbocycles. The molecule has 2 fully saturated rings. The predicted octanol–water partition coefficient (Wildman–Crippen LogP) is 3.59. The Labute approximate surface area is 178 Å². The molecule has 2 radical (unpaired) electrons. The fourth-order valence-electron chi connectivity index (χ4n) is 5.31. The number of piperidine rings is 1. The Balaban J connectivity index is 1.43. The summed E-state index contributed by atoms with van der Waals surface area (Å²) >= 11 is 8.97. The number of benzene rings is 1. The van der Waals surface area contributed by atoms with Gasteiger partial charge >= 0.3 is 0 Å². The third kappa shape index (κ3) is 3.59. The lowest BCUT2D eigenvalue weighted by Crippen LogP contribution is -2.47. The first-order valence-corrected chi connectivity index (χ1v) is 11.1. The normalized spacial score (nSPS) is 30.1. The van der Waals surface area contributed by atoms with Crippen molar-refractivity contribution in [1.82, 2.24) is 18.6 Å². The van der Waals surface area contributed by atoms with Gasteiger partial charge in [-0.1, -0.05) is 18.0 Å². The van der Waals surface area contributed by atoms with Gasteiger partial charge in [0, 0.05) is 23.5 Å². The van der Waals surface area contributed by atoms with Crippen molar-refractivity contribution < 1.29 is 4.39 Å². The Morgan fingerprint density at radius 1 is 1.11 bits per heavy atom. The van der Waals surface area contributed by atoms with Gasteiger partial charge in [-0.2, -0.15) is 4.98 Å². The van der Waals surface area contributed by atoms with Crippen LogP contribution in [0.15, 0.2) is 18.2 Å². The van der Waals surface area contributed by atoms with Gasteiger partial charge in [0.15, 0.2) is 0 Å². The quantitative estimate of drug-likeness (QED) is 0.778. The summed E-state index contributed by atoms with van der Waals surface area (Å²) < 4.78 is 18.3. The van der Waals surface area contributed by atoms with E-state index in [1.807, 2.05) is 10.7 Å². The zero-order valence-corrected chi connectivity index (χ0v) is 17.7. The van der Waals surface area contributed by atoms with Gasteiger partial charge in [0.25, 0.3) is 16.5 Å². The van der Waals surface area contributed by atoms with E-state index in [0.29, 0.717) is 22.9 Å². The Bertz CT molecular complexity index is 840. The highest BCUT2D eigenvalue weighted by Crippen LogP contribution is 2.38. The lowest BCUT2D eigenvalue weighted by molar-refractivity contribution is 0.246. The van der Waals surface area contributed by atoms with Gasteiger partial charge in [0.1, 0.15) is 11.6 Å². The molecule has 1 saturated carbocycles. The van der Waals surface area contributed by atoms with Crippen molar-refractivity contribution in [3.8, 4) is 0 Å². The molecule has 28 heavy (non-hydrogen) atoms. The second-order valence-corrected chi connectivity index (χ2v) is 9.66. The first-order chi connectivity index (χ1) is 13.6. The number of hydrogen-bond donors (Lipinski definition) is 1. The summed E-state index contributed by atoms with van der Waals surface area (Å²) in [7, 11) is 0. The second kappa shape index (κ2) is 7.61. The number of aryl methyl sites for hydroxylation is 1. The lowest BCUT2D eigenvalue weighted by Gasteiger charge is -2.37. The number of halogens is 2. The summed E-state index contributed by atoms with van der Waals surface area (Å²) in [5.74, 6) is 2.69. The van der Waals surface area contributed by atoms with Crippen LogP contribution in [0.25, 0.3) is 0 Å². The molecule has 0 spiro atoms. The molecule has 1 aromatic heterocycles. The predicted molar refractivity (Wildman–Crippen MR) is 108 cm³/mol. The van der Waals surface area contributed by atoms with E-state index in [9.17, 15) is 4.39 Å². The number of rotatable bonds is 3. The Morgan fingerprint density at radius 3 is 2.64 bits per heavy atom. The van der Waals surface area contributed by atoms with Gasteiger partial charge in [-0.25, -0.2) is 9.07 Å². The van der Waals surface area contributed by atoms with Crippen LogP contribution in [0.3, 0.4) is 0 Å². The average Bonchev–Trinajstić information content (AvgIpc) is 3.04. The van der Waals surface area contributed by atoms with Crippen molar-refractivity contribution >= 4 is 34.1 Å². The van der Waals surface area contributed by atoms with Crippen molar-refractivity contribution in [2.75, 3.05) is 18.4 Å². The molecule has 5 rings (SSSR count). The topological polar surface area (TPSA) is 46.0 Å². The van der Waals surface area contributed by atoms with Gasteiger partial charge in [0.05, 0.1) is 0 Å². The van der Waals surface area contributed by atoms with Gasteiger partial charge in [-0.05, 0) is 74.4 Å². The summed E-state index contributed by atoms with van der Waals surface area (Å²) in [4.78, 5) is 4.89. The van der Waals surface area contributed by atoms with Crippen LogP contribution in [-0.4, -0.2) is 54.3 Å². The molecule has 5 nitrogen and oxygen atoms in total. The van der Waals surface area contributed by atoms with Crippen molar-refractivity contribution in [3.05, 3.63) is 40.4 Å². The number of nitrogens with zero attached hydrogens (tertiary/aromatic N) is 4. The number of fused-ring (bicyclic) bond motifs is 3. The van der Waals surface area contributed by atoms with Gasteiger partial charge in [0.2, 0.25) is 5.95 Å². The van der Waals surface area contributed by atoms with E-state index in [2.05, 4.69) is 25.7 Å². The molecule has 146 valence electrons. The number of hydrogen-bond acceptors (Lipinski definition) is 4. The van der Waals surface area contributed by atoms with Gasteiger partial charge in [-0.3, -0.25) is 0 Å². The third-order valence-corrected chi connectivity index (χ3v) is 7.21. The zero-order valence-electron chi connectivity index (χ0n) is 15.8. The Hall–Kier alpha value is -1.13. The summed E-state index contributed by atoms with van der Waals surface area (Å²) in [5.41, 5.74) is 0.892. The molecule has 1 saturated heterocycles. The minimum atomic E-state index is -0.295. The first kappa shape index (κ1) is 18.9. The largest absolute Gasteiger partial charge is 0.402 e. The highest BCUT2D eigenvalue weighted by Gasteiger charge is 2.41. The minimum absolute atomic E-state index is 0.0318. The van der Waals surface area contributed by atoms with Crippen LogP contribution in [0.2, 0.25) is 5.02 Å². The first-order valence-electron chi connectivity index (χ1n) is 10.2. The standard InChI is InChI=1S/C20H24ClFN5.Al/c21-15-7-14(8-16(22)9-15)17-3-1-2-6-27-19(17)25-20(26-27)24-18-12-4-5-13(18)11-23-10-12;/h7-9,12-13,17-18H,1-6,10-11H2,(H,24,26);/q-1;+1/t12-,13+,17?,18?;. The number of nitrogens with one attached hydrogen (secondary N) is 1.